The van der Waals surface area contributed by atoms with E-state index in [1.54, 1.807) is 6.21 Å². The number of hydrogen-bond acceptors (Lipinski definition) is 3. The number of carboxylic acids is 1. The lowest BCUT2D eigenvalue weighted by molar-refractivity contribution is -0.150. The third-order valence-electron chi connectivity index (χ3n) is 8.29. The van der Waals surface area contributed by atoms with Crippen LogP contribution in [0.5, 0.6) is 0 Å². The first-order valence-electron chi connectivity index (χ1n) is 15.5. The zero-order valence-corrected chi connectivity index (χ0v) is 26.9. The Bertz CT molecular complexity index is 1370. The quantitative estimate of drug-likeness (QED) is 0.258. The maximum Gasteiger partial charge on any atom is 0.326 e. The zero-order valence-electron chi connectivity index (χ0n) is 26.9. The molecular weight excluding hydrogens is 532 g/mol. The maximum absolute atomic E-state index is 13.7. The van der Waals surface area contributed by atoms with Crippen LogP contribution in [0.3, 0.4) is 0 Å². The number of carbonyl (C=O) groups is 2. The minimum absolute atomic E-state index is 0.197. The van der Waals surface area contributed by atoms with Crippen LogP contribution >= 0.6 is 0 Å². The van der Waals surface area contributed by atoms with E-state index >= 15 is 0 Å². The highest BCUT2D eigenvalue weighted by Gasteiger charge is 2.38. The Morgan fingerprint density at radius 2 is 1.53 bits per heavy atom. The molecule has 2 unspecified atom stereocenters. The monoisotopic (exact) mass is 580 g/mol. The summed E-state index contributed by atoms with van der Waals surface area (Å²) >= 11 is 0. The van der Waals surface area contributed by atoms with Gasteiger partial charge in [-0.3, -0.25) is 9.79 Å². The van der Waals surface area contributed by atoms with Gasteiger partial charge in [-0.05, 0) is 72.4 Å². The largest absolute Gasteiger partial charge is 0.480 e. The van der Waals surface area contributed by atoms with Crippen LogP contribution in [0.2, 0.25) is 0 Å². The van der Waals surface area contributed by atoms with E-state index in [4.69, 9.17) is 0 Å². The van der Waals surface area contributed by atoms with Crippen LogP contribution in [-0.2, 0) is 16.0 Å². The van der Waals surface area contributed by atoms with Crippen LogP contribution in [0.4, 0.5) is 0 Å². The first-order chi connectivity index (χ1) is 20.6. The lowest BCUT2D eigenvalue weighted by atomic mass is 9.88. The number of rotatable bonds is 9. The van der Waals surface area contributed by atoms with Crippen LogP contribution in [0, 0.1) is 12.8 Å². The fraction of sp³-hybridized carbons (Fsp3) is 0.395. The fourth-order valence-electron chi connectivity index (χ4n) is 5.68. The van der Waals surface area contributed by atoms with Crippen molar-refractivity contribution < 1.29 is 14.7 Å². The molecule has 0 radical (unpaired) electrons. The molecule has 43 heavy (non-hydrogen) atoms. The minimum Gasteiger partial charge on any atom is -0.480 e. The standard InChI is InChI=1S/C23H24N2O3.C15H24/c1-3-24-19-15-25(20(23(27)28)14-16(19)2)22(26)21(17-10-6-4-7-11-17)18-12-8-5-9-13-18;1-6-12(4)9-14-7-8-15(11(2)3)13(5)10-14/h3-13,20-21H,14-15H2,1-2H3,(H,27,28);7-8,10-12H,6,9H2,1-5H3. The lowest BCUT2D eigenvalue weighted by Gasteiger charge is -2.36. The van der Waals surface area contributed by atoms with Gasteiger partial charge in [-0.2, -0.15) is 0 Å². The molecule has 3 aromatic rings. The molecule has 1 amide bonds. The average molecular weight is 581 g/mol. The summed E-state index contributed by atoms with van der Waals surface area (Å²) in [5, 5.41) is 9.76. The van der Waals surface area contributed by atoms with E-state index in [0.717, 1.165) is 28.3 Å². The molecule has 1 N–H and O–H groups in total. The molecule has 228 valence electrons. The number of nitrogens with zero attached hydrogens (tertiary/aromatic N) is 2. The Kier molecular flexibility index (Phi) is 12.5. The van der Waals surface area contributed by atoms with E-state index < -0.39 is 17.9 Å². The van der Waals surface area contributed by atoms with Crippen LogP contribution in [-0.4, -0.2) is 40.7 Å². The molecule has 0 saturated carbocycles. The second-order valence-corrected chi connectivity index (χ2v) is 12.0. The second kappa shape index (κ2) is 16.0. The normalized spacial score (nSPS) is 15.9. The highest BCUT2D eigenvalue weighted by Crippen LogP contribution is 2.32. The average Bonchev–Trinajstić information content (AvgIpc) is 2.99. The molecule has 0 aromatic heterocycles. The molecule has 0 saturated heterocycles. The summed E-state index contributed by atoms with van der Waals surface area (Å²) in [6, 6.07) is 25.0. The van der Waals surface area contributed by atoms with E-state index in [1.807, 2.05) is 74.5 Å². The molecule has 0 aliphatic carbocycles. The van der Waals surface area contributed by atoms with Gasteiger partial charge >= 0.3 is 5.97 Å². The van der Waals surface area contributed by atoms with Crippen LogP contribution in [0.25, 0.3) is 0 Å². The number of amides is 1. The van der Waals surface area contributed by atoms with E-state index in [1.165, 1.54) is 34.4 Å². The molecule has 1 aliphatic heterocycles. The zero-order chi connectivity index (χ0) is 31.5. The van der Waals surface area contributed by atoms with Gasteiger partial charge in [0.25, 0.3) is 0 Å². The minimum atomic E-state index is -0.993. The van der Waals surface area contributed by atoms with Gasteiger partial charge in [0, 0.05) is 12.6 Å². The van der Waals surface area contributed by atoms with Gasteiger partial charge in [0.15, 0.2) is 0 Å². The summed E-state index contributed by atoms with van der Waals surface area (Å²) < 4.78 is 0. The fourth-order valence-corrected chi connectivity index (χ4v) is 5.68. The smallest absolute Gasteiger partial charge is 0.326 e. The predicted molar refractivity (Wildman–Crippen MR) is 178 cm³/mol. The van der Waals surface area contributed by atoms with Crippen molar-refractivity contribution in [2.75, 3.05) is 6.54 Å². The number of hydrogen-bond donors (Lipinski definition) is 1. The summed E-state index contributed by atoms with van der Waals surface area (Å²) in [7, 11) is 0. The molecular formula is C38H48N2O3. The third kappa shape index (κ3) is 9.00. The van der Waals surface area contributed by atoms with Crippen LogP contribution < -0.4 is 0 Å². The van der Waals surface area contributed by atoms with Crippen molar-refractivity contribution in [1.29, 1.82) is 0 Å². The van der Waals surface area contributed by atoms with Crippen molar-refractivity contribution in [1.82, 2.24) is 4.90 Å². The highest BCUT2D eigenvalue weighted by molar-refractivity contribution is 5.91. The Balaban J connectivity index is 0.000000285. The molecule has 2 atom stereocenters. The highest BCUT2D eigenvalue weighted by atomic mass is 16.4. The molecule has 5 heteroatoms. The maximum atomic E-state index is 13.7. The topological polar surface area (TPSA) is 70.0 Å². The Morgan fingerprint density at radius 1 is 0.953 bits per heavy atom. The third-order valence-corrected chi connectivity index (χ3v) is 8.29. The van der Waals surface area contributed by atoms with E-state index in [2.05, 4.69) is 57.8 Å². The Labute approximate surface area is 258 Å². The molecule has 1 heterocycles. The van der Waals surface area contributed by atoms with E-state index in [9.17, 15) is 14.7 Å². The Hall–Kier alpha value is -3.99. The van der Waals surface area contributed by atoms with Crippen LogP contribution in [0.15, 0.2) is 95.1 Å². The lowest BCUT2D eigenvalue weighted by Crippen LogP contribution is -2.50. The SMILES string of the molecule is CC=NC1=C(C)CC(C(=O)O)N(C(=O)C(c2ccccc2)c2ccccc2)C1.CCC(C)Cc1ccc(C(C)C)c(C)c1. The first kappa shape index (κ1) is 33.5. The molecule has 0 spiro atoms. The Morgan fingerprint density at radius 3 is 2.00 bits per heavy atom. The van der Waals surface area contributed by atoms with Crippen molar-refractivity contribution in [3.63, 3.8) is 0 Å². The van der Waals surface area contributed by atoms with Gasteiger partial charge < -0.3 is 10.0 Å². The van der Waals surface area contributed by atoms with Gasteiger partial charge in [-0.15, -0.1) is 0 Å². The van der Waals surface area contributed by atoms with Gasteiger partial charge in [-0.25, -0.2) is 4.79 Å². The van der Waals surface area contributed by atoms with E-state index in [0.29, 0.717) is 5.92 Å². The summed E-state index contributed by atoms with van der Waals surface area (Å²) in [4.78, 5) is 31.4. The van der Waals surface area contributed by atoms with Gasteiger partial charge in [0.2, 0.25) is 5.91 Å². The number of carbonyl (C=O) groups excluding carboxylic acids is 1. The molecule has 0 fully saturated rings. The van der Waals surface area contributed by atoms with Crippen LogP contribution in [0.1, 0.15) is 94.0 Å². The molecule has 5 nitrogen and oxygen atoms in total. The molecule has 4 rings (SSSR count). The van der Waals surface area contributed by atoms with Crippen molar-refractivity contribution in [2.45, 2.75) is 85.6 Å². The van der Waals surface area contributed by atoms with Gasteiger partial charge in [0.05, 0.1) is 18.2 Å². The van der Waals surface area contributed by atoms with Gasteiger partial charge in [-0.1, -0.05) is 113 Å². The number of aliphatic carboxylic acids is 1. The number of benzene rings is 3. The first-order valence-corrected chi connectivity index (χ1v) is 15.5. The predicted octanol–water partition coefficient (Wildman–Crippen LogP) is 8.58. The summed E-state index contributed by atoms with van der Waals surface area (Å²) in [5.41, 5.74) is 7.78. The molecule has 1 aliphatic rings. The molecule has 0 bridgehead atoms. The second-order valence-electron chi connectivity index (χ2n) is 12.0. The number of aliphatic imine (C=N–C) groups is 1. The summed E-state index contributed by atoms with van der Waals surface area (Å²) in [5.74, 6) is -0.334. The molecule has 3 aromatic carbocycles. The number of carboxylic acid groups (broad SMARTS) is 1. The van der Waals surface area contributed by atoms with Gasteiger partial charge in [0.1, 0.15) is 6.04 Å². The number of aryl methyl sites for hydroxylation is 1. The van der Waals surface area contributed by atoms with Crippen molar-refractivity contribution in [3.05, 3.63) is 118 Å². The van der Waals surface area contributed by atoms with E-state index in [-0.39, 0.29) is 18.9 Å². The van der Waals surface area contributed by atoms with Crippen molar-refractivity contribution in [2.24, 2.45) is 10.9 Å². The van der Waals surface area contributed by atoms with Crippen molar-refractivity contribution in [3.8, 4) is 0 Å². The van der Waals surface area contributed by atoms with Crippen molar-refractivity contribution >= 4 is 18.1 Å². The summed E-state index contributed by atoms with van der Waals surface area (Å²) in [6.07, 6.45) is 4.44. The summed E-state index contributed by atoms with van der Waals surface area (Å²) in [6.45, 7) is 15.2.